The number of hydrogen-bond donors (Lipinski definition) is 1. The van der Waals surface area contributed by atoms with Crippen molar-refractivity contribution in [3.63, 3.8) is 0 Å². The highest BCUT2D eigenvalue weighted by Crippen LogP contribution is 2.46. The lowest BCUT2D eigenvalue weighted by molar-refractivity contribution is 0.558. The second-order valence-corrected chi connectivity index (χ2v) is 10.3. The lowest BCUT2D eigenvalue weighted by atomic mass is 9.65. The number of halogens is 1. The maximum atomic E-state index is 13.6. The van der Waals surface area contributed by atoms with E-state index in [0.29, 0.717) is 19.4 Å². The summed E-state index contributed by atoms with van der Waals surface area (Å²) >= 11 is 0. The van der Waals surface area contributed by atoms with Crippen LogP contribution in [0.2, 0.25) is 0 Å². The summed E-state index contributed by atoms with van der Waals surface area (Å²) in [6.45, 7) is 4.15. The van der Waals surface area contributed by atoms with Crippen LogP contribution >= 0.6 is 0 Å². The summed E-state index contributed by atoms with van der Waals surface area (Å²) < 4.78 is 13.6. The average Bonchev–Trinajstić information content (AvgIpc) is 3.41. The maximum absolute atomic E-state index is 13.6. The van der Waals surface area contributed by atoms with Crippen LogP contribution in [0.1, 0.15) is 77.7 Å². The van der Waals surface area contributed by atoms with Crippen LogP contribution in [-0.4, -0.2) is 30.1 Å². The van der Waals surface area contributed by atoms with E-state index in [2.05, 4.69) is 39.4 Å². The molecule has 2 N–H and O–H groups in total. The van der Waals surface area contributed by atoms with Gasteiger partial charge < -0.3 is 5.73 Å². The number of nitrogens with two attached hydrogens (primary N) is 1. The van der Waals surface area contributed by atoms with Crippen LogP contribution in [-0.2, 0) is 27.8 Å². The van der Waals surface area contributed by atoms with E-state index >= 15 is 0 Å². The Bertz CT molecular complexity index is 1520. The van der Waals surface area contributed by atoms with Crippen molar-refractivity contribution in [2.24, 2.45) is 25.9 Å². The molecule has 2 atom stereocenters. The zero-order chi connectivity index (χ0) is 28.3. The zero-order valence-electron chi connectivity index (χ0n) is 22.5. The number of aryl methyl sites for hydroxylation is 2. The number of hydrogen-bond acceptors (Lipinski definition) is 7. The fourth-order valence-corrected chi connectivity index (χ4v) is 6.04. The second-order valence-electron chi connectivity index (χ2n) is 10.3. The Labute approximate surface area is 232 Å². The summed E-state index contributed by atoms with van der Waals surface area (Å²) in [4.78, 5) is 29.8. The van der Waals surface area contributed by atoms with Crippen LogP contribution in [0.25, 0.3) is 0 Å². The van der Waals surface area contributed by atoms with Gasteiger partial charge in [0.2, 0.25) is 12.2 Å². The Morgan fingerprint density at radius 3 is 1.93 bits per heavy atom. The third-order valence-electron chi connectivity index (χ3n) is 8.12. The Morgan fingerprint density at radius 2 is 1.43 bits per heavy atom. The SMILES string of the molecule is CC(N=C=O)c1ccc2c(c1)CCc1cc(C(C)N=C=O)ccc1C2(CCN)C1=NN=C(c2ccc(F)cc2)C1. The molecule has 0 bridgehead atoms. The van der Waals surface area contributed by atoms with Gasteiger partial charge in [0.05, 0.1) is 28.9 Å². The van der Waals surface area contributed by atoms with E-state index in [1.807, 2.05) is 26.0 Å². The van der Waals surface area contributed by atoms with Crippen LogP contribution in [0, 0.1) is 5.82 Å². The standard InChI is InChI=1S/C32H30FN5O2/c1-20(35-18-39)23-7-11-28-25(15-23)3-4-26-16-24(21(2)36-19-40)8-12-29(26)32(28,13-14-34)31-17-30(37-38-31)22-5-9-27(33)10-6-22/h5-12,15-16,20-21H,3-4,13-14,17,34H2,1-2H3. The number of carbonyl (C=O) groups excluding carboxylic acids is 2. The van der Waals surface area contributed by atoms with E-state index < -0.39 is 5.41 Å². The van der Waals surface area contributed by atoms with Crippen molar-refractivity contribution in [1.29, 1.82) is 0 Å². The summed E-state index contributed by atoms with van der Waals surface area (Å²) in [5, 5.41) is 9.32. The Kier molecular flexibility index (Phi) is 7.76. The van der Waals surface area contributed by atoms with Crippen molar-refractivity contribution in [1.82, 2.24) is 0 Å². The van der Waals surface area contributed by atoms with Crippen LogP contribution < -0.4 is 5.73 Å². The van der Waals surface area contributed by atoms with Gasteiger partial charge in [-0.1, -0.05) is 48.5 Å². The highest BCUT2D eigenvalue weighted by atomic mass is 19.1. The molecule has 0 aromatic heterocycles. The maximum Gasteiger partial charge on any atom is 0.235 e. The van der Waals surface area contributed by atoms with Crippen LogP contribution in [0.4, 0.5) is 4.39 Å². The van der Waals surface area contributed by atoms with Gasteiger partial charge in [-0.25, -0.2) is 14.0 Å². The molecule has 8 heteroatoms. The second kappa shape index (κ2) is 11.4. The van der Waals surface area contributed by atoms with Crippen molar-refractivity contribution in [2.45, 2.75) is 57.0 Å². The Hall–Kier alpha value is -4.35. The number of benzene rings is 3. The fraction of sp³-hybridized carbons (Fsp3) is 0.312. The molecule has 0 amide bonds. The molecule has 5 rings (SSSR count). The average molecular weight is 536 g/mol. The van der Waals surface area contributed by atoms with Crippen molar-refractivity contribution in [3.05, 3.63) is 105 Å². The predicted octanol–water partition coefficient (Wildman–Crippen LogP) is 5.60. The summed E-state index contributed by atoms with van der Waals surface area (Å²) in [5.74, 6) is -0.303. The smallest absolute Gasteiger partial charge is 0.235 e. The normalized spacial score (nSPS) is 19.1. The van der Waals surface area contributed by atoms with E-state index in [-0.39, 0.29) is 17.9 Å². The third kappa shape index (κ3) is 4.89. The summed E-state index contributed by atoms with van der Waals surface area (Å²) in [5.41, 5.74) is 14.5. The first kappa shape index (κ1) is 27.2. The van der Waals surface area contributed by atoms with Crippen LogP contribution in [0.3, 0.4) is 0 Å². The highest BCUT2D eigenvalue weighted by molar-refractivity contribution is 6.19. The van der Waals surface area contributed by atoms with Gasteiger partial charge in [-0.05, 0) is 90.7 Å². The molecular weight excluding hydrogens is 505 g/mol. The number of fused-ring (bicyclic) bond motifs is 2. The van der Waals surface area contributed by atoms with Gasteiger partial charge in [-0.15, -0.1) is 0 Å². The van der Waals surface area contributed by atoms with Gasteiger partial charge in [0.1, 0.15) is 5.82 Å². The van der Waals surface area contributed by atoms with Gasteiger partial charge in [-0.3, -0.25) is 0 Å². The van der Waals surface area contributed by atoms with Gasteiger partial charge in [-0.2, -0.15) is 20.2 Å². The van der Waals surface area contributed by atoms with E-state index in [9.17, 15) is 14.0 Å². The molecule has 3 aromatic carbocycles. The van der Waals surface area contributed by atoms with E-state index in [1.54, 1.807) is 24.3 Å². The topological polar surface area (TPSA) is 110 Å². The minimum Gasteiger partial charge on any atom is -0.330 e. The molecule has 0 saturated carbocycles. The van der Waals surface area contributed by atoms with Crippen molar-refractivity contribution in [2.75, 3.05) is 6.54 Å². The molecule has 3 aromatic rings. The van der Waals surface area contributed by atoms with E-state index in [4.69, 9.17) is 10.8 Å². The molecule has 1 heterocycles. The van der Waals surface area contributed by atoms with Gasteiger partial charge in [0.15, 0.2) is 0 Å². The molecule has 1 aliphatic carbocycles. The number of isocyanates is 2. The fourth-order valence-electron chi connectivity index (χ4n) is 6.04. The monoisotopic (exact) mass is 535 g/mol. The first-order valence-corrected chi connectivity index (χ1v) is 13.4. The van der Waals surface area contributed by atoms with Crippen LogP contribution in [0.5, 0.6) is 0 Å². The van der Waals surface area contributed by atoms with Gasteiger partial charge in [0.25, 0.3) is 0 Å². The molecule has 0 fully saturated rings. The molecule has 7 nitrogen and oxygen atoms in total. The van der Waals surface area contributed by atoms with Crippen molar-refractivity contribution >= 4 is 23.6 Å². The summed E-state index contributed by atoms with van der Waals surface area (Å²) in [6, 6.07) is 18.1. The number of nitrogens with zero attached hydrogens (tertiary/aromatic N) is 4. The molecule has 2 unspecified atom stereocenters. The van der Waals surface area contributed by atoms with E-state index in [1.165, 1.54) is 12.1 Å². The van der Waals surface area contributed by atoms with Crippen LogP contribution in [0.15, 0.2) is 80.9 Å². The largest absolute Gasteiger partial charge is 0.330 e. The minimum atomic E-state index is -0.660. The van der Waals surface area contributed by atoms with Crippen molar-refractivity contribution in [3.8, 4) is 0 Å². The molecule has 0 saturated heterocycles. The molecule has 40 heavy (non-hydrogen) atoms. The lowest BCUT2D eigenvalue weighted by Gasteiger charge is -2.37. The van der Waals surface area contributed by atoms with E-state index in [0.717, 1.165) is 63.2 Å². The first-order chi connectivity index (χ1) is 19.4. The molecule has 0 radical (unpaired) electrons. The first-order valence-electron chi connectivity index (χ1n) is 13.4. The number of rotatable bonds is 8. The number of aliphatic imine (C=N–C) groups is 2. The Balaban J connectivity index is 1.69. The van der Waals surface area contributed by atoms with Gasteiger partial charge in [0, 0.05) is 6.42 Å². The summed E-state index contributed by atoms with van der Waals surface area (Å²) in [6.07, 6.45) is 5.94. The molecule has 1 aliphatic heterocycles. The third-order valence-corrected chi connectivity index (χ3v) is 8.12. The lowest BCUT2D eigenvalue weighted by Crippen LogP contribution is -2.40. The minimum absolute atomic E-state index is 0.303. The highest BCUT2D eigenvalue weighted by Gasteiger charge is 2.45. The molecular formula is C32H30FN5O2. The quantitative estimate of drug-likeness (QED) is 0.299. The van der Waals surface area contributed by atoms with Crippen molar-refractivity contribution < 1.29 is 14.0 Å². The molecule has 2 aliphatic rings. The molecule has 202 valence electrons. The predicted molar refractivity (Wildman–Crippen MR) is 153 cm³/mol. The van der Waals surface area contributed by atoms with Gasteiger partial charge >= 0.3 is 0 Å². The molecule has 0 spiro atoms. The zero-order valence-corrected chi connectivity index (χ0v) is 22.5. The Morgan fingerprint density at radius 1 is 0.875 bits per heavy atom. The summed E-state index contributed by atoms with van der Waals surface area (Å²) in [7, 11) is 0.